The van der Waals surface area contributed by atoms with Crippen LogP contribution >= 0.6 is 0 Å². The minimum Gasteiger partial charge on any atom is -0.492 e. The number of aromatic nitrogens is 1. The van der Waals surface area contributed by atoms with Crippen LogP contribution < -0.4 is 10.1 Å². The van der Waals surface area contributed by atoms with E-state index in [2.05, 4.69) is 30.2 Å². The van der Waals surface area contributed by atoms with Crippen LogP contribution in [0.4, 0.5) is 0 Å². The molecule has 1 aliphatic carbocycles. The van der Waals surface area contributed by atoms with Gasteiger partial charge in [0.1, 0.15) is 5.75 Å². The monoisotopic (exact) mass is 262 g/mol. The van der Waals surface area contributed by atoms with Crippen molar-refractivity contribution in [1.29, 1.82) is 0 Å². The highest BCUT2D eigenvalue weighted by Crippen LogP contribution is 2.47. The van der Waals surface area contributed by atoms with Crippen molar-refractivity contribution in [3.63, 3.8) is 0 Å². The highest BCUT2D eigenvalue weighted by molar-refractivity contribution is 5.27. The molecule has 1 heterocycles. The van der Waals surface area contributed by atoms with Crippen LogP contribution in [0.2, 0.25) is 0 Å². The van der Waals surface area contributed by atoms with Gasteiger partial charge in [-0.15, -0.1) is 0 Å². The van der Waals surface area contributed by atoms with E-state index >= 15 is 0 Å². The fraction of sp³-hybridized carbons (Fsp3) is 0.688. The molecule has 1 saturated carbocycles. The molecule has 0 bridgehead atoms. The molecule has 1 aliphatic rings. The lowest BCUT2D eigenvalue weighted by Gasteiger charge is -2.35. The zero-order valence-electron chi connectivity index (χ0n) is 12.4. The van der Waals surface area contributed by atoms with Crippen molar-refractivity contribution in [3.8, 4) is 5.75 Å². The van der Waals surface area contributed by atoms with Crippen molar-refractivity contribution in [2.24, 2.45) is 5.41 Å². The van der Waals surface area contributed by atoms with Crippen molar-refractivity contribution < 1.29 is 4.74 Å². The maximum atomic E-state index is 5.58. The Labute approximate surface area is 116 Å². The predicted molar refractivity (Wildman–Crippen MR) is 78.4 cm³/mol. The molecule has 1 atom stereocenters. The standard InChI is InChI=1S/C16H26N2O/c1-4-18-15(16(3)8-6-7-9-16)13-10-14(19-5-2)12-17-11-13/h10-12,15,18H,4-9H2,1-3H3. The van der Waals surface area contributed by atoms with E-state index in [1.165, 1.54) is 31.2 Å². The third-order valence-corrected chi connectivity index (χ3v) is 4.23. The van der Waals surface area contributed by atoms with Crippen LogP contribution in [0.15, 0.2) is 18.5 Å². The van der Waals surface area contributed by atoms with Crippen LogP contribution in [-0.4, -0.2) is 18.1 Å². The smallest absolute Gasteiger partial charge is 0.137 e. The Balaban J connectivity index is 2.25. The van der Waals surface area contributed by atoms with Crippen LogP contribution in [0.25, 0.3) is 0 Å². The largest absolute Gasteiger partial charge is 0.492 e. The number of ether oxygens (including phenoxy) is 1. The van der Waals surface area contributed by atoms with Gasteiger partial charge in [0.2, 0.25) is 0 Å². The molecule has 1 aromatic heterocycles. The quantitative estimate of drug-likeness (QED) is 0.848. The Hall–Kier alpha value is -1.09. The van der Waals surface area contributed by atoms with Crippen molar-refractivity contribution >= 4 is 0 Å². The summed E-state index contributed by atoms with van der Waals surface area (Å²) in [4.78, 5) is 4.34. The normalized spacial score (nSPS) is 19.3. The van der Waals surface area contributed by atoms with Crippen molar-refractivity contribution in [2.45, 2.75) is 52.5 Å². The first-order valence-electron chi connectivity index (χ1n) is 7.50. The first-order chi connectivity index (χ1) is 9.19. The SMILES string of the molecule is CCNC(c1cncc(OCC)c1)C1(C)CCCC1. The highest BCUT2D eigenvalue weighted by Gasteiger charge is 2.37. The van der Waals surface area contributed by atoms with Gasteiger partial charge >= 0.3 is 0 Å². The summed E-state index contributed by atoms with van der Waals surface area (Å²) in [6.07, 6.45) is 9.06. The third-order valence-electron chi connectivity index (χ3n) is 4.23. The number of nitrogens with one attached hydrogen (secondary N) is 1. The van der Waals surface area contributed by atoms with Crippen LogP contribution in [0.5, 0.6) is 5.75 Å². The second-order valence-electron chi connectivity index (χ2n) is 5.74. The molecule has 0 saturated heterocycles. The molecule has 0 amide bonds. The molecule has 19 heavy (non-hydrogen) atoms. The average molecular weight is 262 g/mol. The Morgan fingerprint density at radius 1 is 1.32 bits per heavy atom. The maximum absolute atomic E-state index is 5.58. The summed E-state index contributed by atoms with van der Waals surface area (Å²) < 4.78 is 5.58. The number of hydrogen-bond acceptors (Lipinski definition) is 3. The molecule has 3 nitrogen and oxygen atoms in total. The van der Waals surface area contributed by atoms with Gasteiger partial charge in [-0.3, -0.25) is 4.98 Å². The summed E-state index contributed by atoms with van der Waals surface area (Å²) in [7, 11) is 0. The minimum absolute atomic E-state index is 0.350. The fourth-order valence-electron chi connectivity index (χ4n) is 3.28. The molecule has 1 fully saturated rings. The third kappa shape index (κ3) is 3.27. The second-order valence-corrected chi connectivity index (χ2v) is 5.74. The Morgan fingerprint density at radius 2 is 2.05 bits per heavy atom. The van der Waals surface area contributed by atoms with Crippen LogP contribution in [0.1, 0.15) is 58.1 Å². The molecule has 3 heteroatoms. The van der Waals surface area contributed by atoms with E-state index in [4.69, 9.17) is 4.74 Å². The van der Waals surface area contributed by atoms with Gasteiger partial charge in [0.25, 0.3) is 0 Å². The van der Waals surface area contributed by atoms with Crippen molar-refractivity contribution in [3.05, 3.63) is 24.0 Å². The number of hydrogen-bond donors (Lipinski definition) is 1. The van der Waals surface area contributed by atoms with E-state index in [0.29, 0.717) is 18.1 Å². The molecular formula is C16H26N2O. The molecule has 0 radical (unpaired) electrons. The molecule has 1 unspecified atom stereocenters. The summed E-state index contributed by atoms with van der Waals surface area (Å²) >= 11 is 0. The van der Waals surface area contributed by atoms with Gasteiger partial charge in [-0.2, -0.15) is 0 Å². The lowest BCUT2D eigenvalue weighted by atomic mass is 9.77. The maximum Gasteiger partial charge on any atom is 0.137 e. The topological polar surface area (TPSA) is 34.2 Å². The molecule has 0 spiro atoms. The number of nitrogens with zero attached hydrogens (tertiary/aromatic N) is 1. The first-order valence-corrected chi connectivity index (χ1v) is 7.50. The Bertz CT molecular complexity index is 399. The number of rotatable bonds is 6. The molecule has 0 aromatic carbocycles. The predicted octanol–water partition coefficient (Wildman–Crippen LogP) is 3.71. The van der Waals surface area contributed by atoms with Crippen LogP contribution in [0, 0.1) is 5.41 Å². The van der Waals surface area contributed by atoms with Gasteiger partial charge in [-0.1, -0.05) is 26.7 Å². The van der Waals surface area contributed by atoms with Crippen molar-refractivity contribution in [2.75, 3.05) is 13.2 Å². The zero-order chi connectivity index (χ0) is 13.7. The van der Waals surface area contributed by atoms with Crippen LogP contribution in [-0.2, 0) is 0 Å². The van der Waals surface area contributed by atoms with E-state index in [0.717, 1.165) is 12.3 Å². The fourth-order valence-corrected chi connectivity index (χ4v) is 3.28. The molecule has 106 valence electrons. The summed E-state index contributed by atoms with van der Waals surface area (Å²) in [6, 6.07) is 2.53. The van der Waals surface area contributed by atoms with E-state index in [9.17, 15) is 0 Å². The van der Waals surface area contributed by atoms with E-state index in [-0.39, 0.29) is 0 Å². The van der Waals surface area contributed by atoms with E-state index in [1.54, 1.807) is 6.20 Å². The van der Waals surface area contributed by atoms with E-state index in [1.807, 2.05) is 13.1 Å². The van der Waals surface area contributed by atoms with Crippen LogP contribution in [0.3, 0.4) is 0 Å². The van der Waals surface area contributed by atoms with Gasteiger partial charge in [0.05, 0.1) is 12.8 Å². The minimum atomic E-state index is 0.350. The molecule has 1 N–H and O–H groups in total. The highest BCUT2D eigenvalue weighted by atomic mass is 16.5. The molecule has 1 aromatic rings. The summed E-state index contributed by atoms with van der Waals surface area (Å²) in [5.41, 5.74) is 1.61. The van der Waals surface area contributed by atoms with Gasteiger partial charge in [-0.25, -0.2) is 0 Å². The van der Waals surface area contributed by atoms with Crippen molar-refractivity contribution in [1.82, 2.24) is 10.3 Å². The van der Waals surface area contributed by atoms with Gasteiger partial charge in [-0.05, 0) is 43.4 Å². The lowest BCUT2D eigenvalue weighted by Crippen LogP contribution is -2.34. The Morgan fingerprint density at radius 3 is 2.68 bits per heavy atom. The second kappa shape index (κ2) is 6.38. The number of pyridine rings is 1. The zero-order valence-corrected chi connectivity index (χ0v) is 12.4. The average Bonchev–Trinajstić information content (AvgIpc) is 2.84. The Kier molecular flexibility index (Phi) is 4.81. The molecule has 0 aliphatic heterocycles. The summed E-state index contributed by atoms with van der Waals surface area (Å²) in [5, 5.41) is 3.66. The lowest BCUT2D eigenvalue weighted by molar-refractivity contribution is 0.225. The molecule has 2 rings (SSSR count). The molecular weight excluding hydrogens is 236 g/mol. The summed E-state index contributed by atoms with van der Waals surface area (Å²) in [6.45, 7) is 8.26. The first kappa shape index (κ1) is 14.3. The van der Waals surface area contributed by atoms with E-state index < -0.39 is 0 Å². The van der Waals surface area contributed by atoms with Gasteiger partial charge < -0.3 is 10.1 Å². The van der Waals surface area contributed by atoms with Gasteiger partial charge in [0.15, 0.2) is 0 Å². The van der Waals surface area contributed by atoms with Gasteiger partial charge in [0, 0.05) is 12.2 Å². The summed E-state index contributed by atoms with van der Waals surface area (Å²) in [5.74, 6) is 0.879.